The predicted octanol–water partition coefficient (Wildman–Crippen LogP) is 6.53. The summed E-state index contributed by atoms with van der Waals surface area (Å²) < 4.78 is 7.41. The Bertz CT molecular complexity index is 1430. The molecule has 0 atom stereocenters. The van der Waals surface area contributed by atoms with Gasteiger partial charge in [0.2, 0.25) is 5.16 Å². The van der Waals surface area contributed by atoms with Gasteiger partial charge in [0.1, 0.15) is 18.1 Å². The number of nitrogens with zero attached hydrogens (tertiary/aromatic N) is 5. The molecule has 0 unspecified atom stereocenters. The summed E-state index contributed by atoms with van der Waals surface area (Å²) in [6, 6.07) is 15.9. The molecule has 4 aromatic rings. The number of thiophene rings is 1. The molecule has 0 amide bonds. The maximum absolute atomic E-state index is 11.2. The maximum atomic E-state index is 11.2. The minimum absolute atomic E-state index is 0.0133. The first-order chi connectivity index (χ1) is 16.5. The minimum atomic E-state index is -0.422. The molecule has 170 valence electrons. The van der Waals surface area contributed by atoms with Gasteiger partial charge < -0.3 is 4.74 Å². The lowest BCUT2D eigenvalue weighted by atomic mass is 10.1. The van der Waals surface area contributed by atoms with Gasteiger partial charge in [0.15, 0.2) is 5.82 Å². The largest absolute Gasteiger partial charge is 0.486 e. The second kappa shape index (κ2) is 9.59. The molecule has 5 rings (SSSR count). The molecule has 0 radical (unpaired) electrons. The molecule has 0 aliphatic carbocycles. The fraction of sp³-hybridized carbons (Fsp3) is 0.0455. The Kier molecular flexibility index (Phi) is 6.38. The molecule has 12 heteroatoms. The highest BCUT2D eigenvalue weighted by molar-refractivity contribution is 8.04. The van der Waals surface area contributed by atoms with Crippen LogP contribution in [0.3, 0.4) is 0 Å². The van der Waals surface area contributed by atoms with Crippen LogP contribution in [0.1, 0.15) is 16.3 Å². The summed E-state index contributed by atoms with van der Waals surface area (Å²) in [5.41, 5.74) is 1.50. The molecule has 34 heavy (non-hydrogen) atoms. The Morgan fingerprint density at radius 3 is 2.44 bits per heavy atom. The zero-order valence-electron chi connectivity index (χ0n) is 17.1. The van der Waals surface area contributed by atoms with Gasteiger partial charge in [0.05, 0.1) is 15.2 Å². The molecule has 2 aromatic heterocycles. The van der Waals surface area contributed by atoms with Gasteiger partial charge in [-0.1, -0.05) is 35.3 Å². The molecule has 3 heterocycles. The summed E-state index contributed by atoms with van der Waals surface area (Å²) in [7, 11) is 0. The first-order valence-electron chi connectivity index (χ1n) is 9.77. The van der Waals surface area contributed by atoms with Crippen molar-refractivity contribution in [3.05, 3.63) is 101 Å². The van der Waals surface area contributed by atoms with Crippen LogP contribution in [0.4, 0.5) is 5.69 Å². The van der Waals surface area contributed by atoms with E-state index in [2.05, 4.69) is 10.2 Å². The van der Waals surface area contributed by atoms with Crippen LogP contribution >= 0.6 is 46.3 Å². The van der Waals surface area contributed by atoms with Gasteiger partial charge in [-0.2, -0.15) is 9.78 Å². The summed E-state index contributed by atoms with van der Waals surface area (Å²) in [5, 5.41) is 27.8. The first-order valence-corrected chi connectivity index (χ1v) is 12.2. The third-order valence-electron chi connectivity index (χ3n) is 4.69. The molecule has 0 spiro atoms. The predicted molar refractivity (Wildman–Crippen MR) is 134 cm³/mol. The number of nitro groups is 1. The minimum Gasteiger partial charge on any atom is -0.486 e. The van der Waals surface area contributed by atoms with E-state index >= 15 is 0 Å². The standard InChI is InChI=1S/C22H13Cl2N5O3S2/c23-14-3-1-13(2-4-14)9-19-21(18-10-16(12-33-18)29(30)31)27-28-20(25-26-22(28)34-19)11-32-17-7-5-15(24)6-8-17/h1-10,12H,11H2/b19-9-. The van der Waals surface area contributed by atoms with Crippen LogP contribution in [-0.4, -0.2) is 25.5 Å². The number of aromatic nitrogens is 3. The second-order valence-corrected chi connectivity index (χ2v) is 9.78. The van der Waals surface area contributed by atoms with Crippen molar-refractivity contribution in [3.63, 3.8) is 0 Å². The van der Waals surface area contributed by atoms with Crippen molar-refractivity contribution >= 4 is 63.8 Å². The Morgan fingerprint density at radius 1 is 1.06 bits per heavy atom. The molecule has 1 aliphatic rings. The van der Waals surface area contributed by atoms with Crippen molar-refractivity contribution in [1.29, 1.82) is 0 Å². The van der Waals surface area contributed by atoms with Gasteiger partial charge in [-0.3, -0.25) is 10.1 Å². The first kappa shape index (κ1) is 22.6. The zero-order valence-corrected chi connectivity index (χ0v) is 20.2. The number of thioether (sulfide) groups is 1. The zero-order chi connectivity index (χ0) is 23.7. The highest BCUT2D eigenvalue weighted by Crippen LogP contribution is 2.37. The molecule has 1 aliphatic heterocycles. The number of hydrogen-bond acceptors (Lipinski definition) is 8. The number of ether oxygens (including phenoxy) is 1. The molecule has 2 aromatic carbocycles. The molecule has 0 bridgehead atoms. The van der Waals surface area contributed by atoms with E-state index in [0.29, 0.717) is 37.4 Å². The number of halogens is 2. The van der Waals surface area contributed by atoms with Crippen molar-refractivity contribution in [1.82, 2.24) is 14.9 Å². The van der Waals surface area contributed by atoms with E-state index < -0.39 is 4.92 Å². The molecular formula is C22H13Cl2N5O3S2. The van der Waals surface area contributed by atoms with E-state index in [1.807, 2.05) is 18.2 Å². The van der Waals surface area contributed by atoms with Crippen molar-refractivity contribution in [2.75, 3.05) is 0 Å². The SMILES string of the molecule is O=[N+]([O-])c1csc(C2=Nn3c(COc4ccc(Cl)cc4)nnc3S/C2=C\c2ccc(Cl)cc2)c1. The van der Waals surface area contributed by atoms with E-state index in [0.717, 1.165) is 10.5 Å². The normalized spacial score (nSPS) is 14.1. The Hall–Kier alpha value is -3.18. The topological polar surface area (TPSA) is 95.4 Å². The summed E-state index contributed by atoms with van der Waals surface area (Å²) in [5.74, 6) is 1.12. The van der Waals surface area contributed by atoms with Crippen molar-refractivity contribution in [3.8, 4) is 5.75 Å². The molecular weight excluding hydrogens is 517 g/mol. The second-order valence-electron chi connectivity index (χ2n) is 6.99. The lowest BCUT2D eigenvalue weighted by Gasteiger charge is -2.16. The molecule has 0 saturated heterocycles. The van der Waals surface area contributed by atoms with E-state index in [9.17, 15) is 10.1 Å². The van der Waals surface area contributed by atoms with E-state index in [1.165, 1.54) is 34.5 Å². The monoisotopic (exact) mass is 529 g/mol. The Labute approximate surface area is 211 Å². The number of rotatable bonds is 6. The molecule has 0 fully saturated rings. The summed E-state index contributed by atoms with van der Waals surface area (Å²) in [6.45, 7) is 0.132. The smallest absolute Gasteiger partial charge is 0.280 e. The third-order valence-corrected chi connectivity index (χ3v) is 7.09. The van der Waals surface area contributed by atoms with Crippen LogP contribution in [0, 0.1) is 10.1 Å². The van der Waals surface area contributed by atoms with Gasteiger partial charge in [0.25, 0.3) is 5.69 Å². The fourth-order valence-electron chi connectivity index (χ4n) is 3.05. The van der Waals surface area contributed by atoms with Gasteiger partial charge in [-0.15, -0.1) is 21.5 Å². The Balaban J connectivity index is 1.51. The van der Waals surface area contributed by atoms with Crippen LogP contribution in [0.2, 0.25) is 10.0 Å². The highest BCUT2D eigenvalue weighted by Gasteiger charge is 2.26. The lowest BCUT2D eigenvalue weighted by Crippen LogP contribution is -2.13. The maximum Gasteiger partial charge on any atom is 0.280 e. The van der Waals surface area contributed by atoms with Crippen LogP contribution in [0.5, 0.6) is 5.75 Å². The number of benzene rings is 2. The van der Waals surface area contributed by atoms with Crippen LogP contribution < -0.4 is 4.74 Å². The van der Waals surface area contributed by atoms with Gasteiger partial charge in [-0.25, -0.2) is 0 Å². The lowest BCUT2D eigenvalue weighted by molar-refractivity contribution is -0.384. The van der Waals surface area contributed by atoms with Crippen LogP contribution in [0.15, 0.2) is 75.1 Å². The van der Waals surface area contributed by atoms with Gasteiger partial charge >= 0.3 is 0 Å². The van der Waals surface area contributed by atoms with E-state index in [1.54, 1.807) is 41.1 Å². The average molecular weight is 530 g/mol. The number of allylic oxidation sites excluding steroid dienone is 1. The number of hydrogen-bond donors (Lipinski definition) is 0. The van der Waals surface area contributed by atoms with Gasteiger partial charge in [0, 0.05) is 21.0 Å². The fourth-order valence-corrected chi connectivity index (χ4v) is 5.17. The Morgan fingerprint density at radius 2 is 1.76 bits per heavy atom. The van der Waals surface area contributed by atoms with Crippen molar-refractivity contribution in [2.45, 2.75) is 11.8 Å². The van der Waals surface area contributed by atoms with Gasteiger partial charge in [-0.05, 0) is 59.8 Å². The van der Waals surface area contributed by atoms with E-state index in [4.69, 9.17) is 33.0 Å². The van der Waals surface area contributed by atoms with E-state index in [-0.39, 0.29) is 12.3 Å². The van der Waals surface area contributed by atoms with Crippen molar-refractivity contribution in [2.24, 2.45) is 5.10 Å². The average Bonchev–Trinajstić information content (AvgIpc) is 3.47. The molecule has 0 N–H and O–H groups in total. The quantitative estimate of drug-likeness (QED) is 0.208. The van der Waals surface area contributed by atoms with Crippen LogP contribution in [-0.2, 0) is 6.61 Å². The highest BCUT2D eigenvalue weighted by atomic mass is 35.5. The number of fused-ring (bicyclic) bond motifs is 1. The summed E-state index contributed by atoms with van der Waals surface area (Å²) in [6.07, 6.45) is 1.94. The molecule has 8 nitrogen and oxygen atoms in total. The van der Waals surface area contributed by atoms with Crippen LogP contribution in [0.25, 0.3) is 6.08 Å². The molecule has 0 saturated carbocycles. The third kappa shape index (κ3) is 4.85. The van der Waals surface area contributed by atoms with Crippen molar-refractivity contribution < 1.29 is 9.66 Å². The summed E-state index contributed by atoms with van der Waals surface area (Å²) in [4.78, 5) is 12.3. The summed E-state index contributed by atoms with van der Waals surface area (Å²) >= 11 is 14.6.